The summed E-state index contributed by atoms with van der Waals surface area (Å²) < 4.78 is 12.8. The average Bonchev–Trinajstić information content (AvgIpc) is 2.81. The van der Waals surface area contributed by atoms with E-state index in [0.717, 1.165) is 24.3 Å². The lowest BCUT2D eigenvalue weighted by Crippen LogP contribution is -2.14. The summed E-state index contributed by atoms with van der Waals surface area (Å²) in [5.41, 5.74) is 3.65. The van der Waals surface area contributed by atoms with Crippen molar-refractivity contribution in [2.75, 3.05) is 23.8 Å². The maximum Gasteiger partial charge on any atom is 0.255 e. The molecule has 0 bridgehead atoms. The average molecular weight is 270 g/mol. The van der Waals surface area contributed by atoms with E-state index in [1.165, 1.54) is 29.8 Å². The zero-order chi connectivity index (χ0) is 14.1. The molecule has 2 aromatic carbocycles. The third kappa shape index (κ3) is 2.37. The van der Waals surface area contributed by atoms with E-state index in [-0.39, 0.29) is 11.7 Å². The molecule has 4 heteroatoms. The summed E-state index contributed by atoms with van der Waals surface area (Å²) in [7, 11) is 2.04. The van der Waals surface area contributed by atoms with Gasteiger partial charge < -0.3 is 10.2 Å². The number of amides is 1. The molecule has 1 aliphatic rings. The Hall–Kier alpha value is -2.36. The zero-order valence-electron chi connectivity index (χ0n) is 11.2. The highest BCUT2D eigenvalue weighted by molar-refractivity contribution is 6.04. The number of carbonyl (C=O) groups excluding carboxylic acids is 1. The van der Waals surface area contributed by atoms with E-state index in [0.29, 0.717) is 5.56 Å². The van der Waals surface area contributed by atoms with Crippen LogP contribution in [0.1, 0.15) is 15.9 Å². The monoisotopic (exact) mass is 270 g/mol. The van der Waals surface area contributed by atoms with E-state index < -0.39 is 0 Å². The van der Waals surface area contributed by atoms with Crippen molar-refractivity contribution >= 4 is 17.3 Å². The highest BCUT2D eigenvalue weighted by atomic mass is 19.1. The molecule has 0 atom stereocenters. The number of rotatable bonds is 2. The molecule has 3 nitrogen and oxygen atoms in total. The van der Waals surface area contributed by atoms with Gasteiger partial charge in [0.15, 0.2) is 0 Å². The molecule has 102 valence electrons. The molecule has 1 amide bonds. The largest absolute Gasteiger partial charge is 0.374 e. The molecule has 20 heavy (non-hydrogen) atoms. The second-order valence-electron chi connectivity index (χ2n) is 4.98. The van der Waals surface area contributed by atoms with Crippen LogP contribution in [-0.2, 0) is 6.42 Å². The number of nitrogens with one attached hydrogen (secondary N) is 1. The Morgan fingerprint density at radius 1 is 1.20 bits per heavy atom. The molecule has 0 aliphatic carbocycles. The lowest BCUT2D eigenvalue weighted by molar-refractivity contribution is 0.102. The minimum absolute atomic E-state index is 0.231. The van der Waals surface area contributed by atoms with Crippen LogP contribution in [0.2, 0.25) is 0 Å². The normalized spacial score (nSPS) is 13.2. The first-order valence-electron chi connectivity index (χ1n) is 6.54. The Morgan fingerprint density at radius 2 is 1.95 bits per heavy atom. The molecule has 0 saturated heterocycles. The van der Waals surface area contributed by atoms with E-state index >= 15 is 0 Å². The lowest BCUT2D eigenvalue weighted by Gasteiger charge is -2.13. The van der Waals surface area contributed by atoms with Crippen molar-refractivity contribution in [1.82, 2.24) is 0 Å². The molecule has 1 aliphatic heterocycles. The molecular weight excluding hydrogens is 255 g/mol. The van der Waals surface area contributed by atoms with Crippen LogP contribution in [0.3, 0.4) is 0 Å². The van der Waals surface area contributed by atoms with Crippen molar-refractivity contribution in [3.63, 3.8) is 0 Å². The molecular formula is C16H15FN2O. The Balaban J connectivity index is 1.79. The van der Waals surface area contributed by atoms with Gasteiger partial charge in [-0.05, 0) is 48.4 Å². The number of halogens is 1. The number of carbonyl (C=O) groups is 1. The van der Waals surface area contributed by atoms with Crippen LogP contribution in [0.25, 0.3) is 0 Å². The van der Waals surface area contributed by atoms with Crippen LogP contribution in [0.15, 0.2) is 42.5 Å². The predicted molar refractivity (Wildman–Crippen MR) is 77.8 cm³/mol. The van der Waals surface area contributed by atoms with Gasteiger partial charge in [-0.1, -0.05) is 6.07 Å². The fourth-order valence-corrected chi connectivity index (χ4v) is 2.42. The van der Waals surface area contributed by atoms with Crippen molar-refractivity contribution in [2.24, 2.45) is 0 Å². The lowest BCUT2D eigenvalue weighted by atomic mass is 10.1. The SMILES string of the molecule is CN1CCc2ccc(NC(=O)c3ccc(F)cc3)cc21. The second-order valence-corrected chi connectivity index (χ2v) is 4.98. The van der Waals surface area contributed by atoms with Gasteiger partial charge in [0.1, 0.15) is 5.82 Å². The summed E-state index contributed by atoms with van der Waals surface area (Å²) in [6.45, 7) is 1.00. The van der Waals surface area contributed by atoms with Gasteiger partial charge in [-0.25, -0.2) is 4.39 Å². The van der Waals surface area contributed by atoms with E-state index in [4.69, 9.17) is 0 Å². The summed E-state index contributed by atoms with van der Waals surface area (Å²) in [6, 6.07) is 11.4. The van der Waals surface area contributed by atoms with Crippen LogP contribution in [0.5, 0.6) is 0 Å². The zero-order valence-corrected chi connectivity index (χ0v) is 11.2. The number of benzene rings is 2. The Labute approximate surface area is 117 Å². The van der Waals surface area contributed by atoms with Crippen LogP contribution in [0, 0.1) is 5.82 Å². The summed E-state index contributed by atoms with van der Waals surface area (Å²) in [6.07, 6.45) is 1.04. The first-order chi connectivity index (χ1) is 9.63. The van der Waals surface area contributed by atoms with Crippen LogP contribution >= 0.6 is 0 Å². The molecule has 3 rings (SSSR count). The Bertz CT molecular complexity index is 652. The molecule has 0 spiro atoms. The molecule has 0 fully saturated rings. The van der Waals surface area contributed by atoms with Crippen molar-refractivity contribution in [3.05, 3.63) is 59.4 Å². The minimum atomic E-state index is -0.347. The molecule has 1 N–H and O–H groups in total. The summed E-state index contributed by atoms with van der Waals surface area (Å²) >= 11 is 0. The molecule has 0 saturated carbocycles. The quantitative estimate of drug-likeness (QED) is 0.909. The van der Waals surface area contributed by atoms with Gasteiger partial charge in [0.25, 0.3) is 5.91 Å². The summed E-state index contributed by atoms with van der Waals surface area (Å²) in [4.78, 5) is 14.2. The highest BCUT2D eigenvalue weighted by Crippen LogP contribution is 2.29. The number of nitrogens with zero attached hydrogens (tertiary/aromatic N) is 1. The fraction of sp³-hybridized carbons (Fsp3) is 0.188. The van der Waals surface area contributed by atoms with Crippen molar-refractivity contribution in [1.29, 1.82) is 0 Å². The first kappa shape index (κ1) is 12.7. The number of anilines is 2. The summed E-state index contributed by atoms with van der Waals surface area (Å²) in [5, 5.41) is 2.84. The second kappa shape index (κ2) is 4.96. The highest BCUT2D eigenvalue weighted by Gasteiger charge is 2.16. The smallest absolute Gasteiger partial charge is 0.255 e. The van der Waals surface area contributed by atoms with E-state index in [2.05, 4.69) is 10.2 Å². The Morgan fingerprint density at radius 3 is 2.70 bits per heavy atom. The number of likely N-dealkylation sites (N-methyl/N-ethyl adjacent to an activating group) is 1. The van der Waals surface area contributed by atoms with E-state index in [1.54, 1.807) is 0 Å². The molecule has 0 radical (unpaired) electrons. The van der Waals surface area contributed by atoms with Gasteiger partial charge in [-0.2, -0.15) is 0 Å². The maximum atomic E-state index is 12.8. The van der Waals surface area contributed by atoms with E-state index in [9.17, 15) is 9.18 Å². The van der Waals surface area contributed by atoms with Crippen molar-refractivity contribution in [3.8, 4) is 0 Å². The molecule has 2 aromatic rings. The minimum Gasteiger partial charge on any atom is -0.374 e. The third-order valence-electron chi connectivity index (χ3n) is 3.58. The van der Waals surface area contributed by atoms with Gasteiger partial charge in [0.05, 0.1) is 0 Å². The van der Waals surface area contributed by atoms with Crippen LogP contribution in [-0.4, -0.2) is 19.5 Å². The van der Waals surface area contributed by atoms with Gasteiger partial charge in [-0.3, -0.25) is 4.79 Å². The number of hydrogen-bond acceptors (Lipinski definition) is 2. The molecule has 0 unspecified atom stereocenters. The van der Waals surface area contributed by atoms with Crippen molar-refractivity contribution in [2.45, 2.75) is 6.42 Å². The third-order valence-corrected chi connectivity index (χ3v) is 3.58. The maximum absolute atomic E-state index is 12.8. The van der Waals surface area contributed by atoms with Gasteiger partial charge in [0, 0.05) is 30.5 Å². The molecule has 0 aromatic heterocycles. The number of fused-ring (bicyclic) bond motifs is 1. The van der Waals surface area contributed by atoms with Gasteiger partial charge in [-0.15, -0.1) is 0 Å². The fourth-order valence-electron chi connectivity index (χ4n) is 2.42. The predicted octanol–water partition coefficient (Wildman–Crippen LogP) is 3.07. The number of hydrogen-bond donors (Lipinski definition) is 1. The van der Waals surface area contributed by atoms with Crippen LogP contribution < -0.4 is 10.2 Å². The first-order valence-corrected chi connectivity index (χ1v) is 6.54. The topological polar surface area (TPSA) is 32.3 Å². The standard InChI is InChI=1S/C16H15FN2O/c1-19-9-8-11-4-7-14(10-15(11)19)18-16(20)12-2-5-13(17)6-3-12/h2-7,10H,8-9H2,1H3,(H,18,20). The van der Waals surface area contributed by atoms with Gasteiger partial charge in [0.2, 0.25) is 0 Å². The molecule has 1 heterocycles. The Kier molecular flexibility index (Phi) is 3.14. The summed E-state index contributed by atoms with van der Waals surface area (Å²) in [5.74, 6) is -0.577. The van der Waals surface area contributed by atoms with E-state index in [1.807, 2.05) is 25.2 Å². The van der Waals surface area contributed by atoms with Gasteiger partial charge >= 0.3 is 0 Å². The van der Waals surface area contributed by atoms with Crippen LogP contribution in [0.4, 0.5) is 15.8 Å². The van der Waals surface area contributed by atoms with Crippen molar-refractivity contribution < 1.29 is 9.18 Å².